The van der Waals surface area contributed by atoms with Gasteiger partial charge in [0, 0.05) is 29.8 Å². The van der Waals surface area contributed by atoms with Crippen molar-refractivity contribution in [2.75, 3.05) is 19.3 Å². The summed E-state index contributed by atoms with van der Waals surface area (Å²) in [5.41, 5.74) is 4.50. The standard InChI is InChI=1S/C28H41NO2S2/c1-6-7-8-10-21-16-25(30)27(24-15-20(4)12-13-23(24)19(2)3)26(17-21)31-28(32)33-14-9-11-22-18-29(22)5/h15-17,22-24,30H,2,6-14,18H2,1,3-5H3/t22?,23-,24+,29?/m0/s1. The van der Waals surface area contributed by atoms with Crippen molar-refractivity contribution in [1.29, 1.82) is 0 Å². The number of thiocarbonyl (C=S) groups is 1. The maximum absolute atomic E-state index is 11.2. The van der Waals surface area contributed by atoms with Crippen molar-refractivity contribution in [1.82, 2.24) is 4.90 Å². The molecule has 0 amide bonds. The van der Waals surface area contributed by atoms with Gasteiger partial charge in [0.15, 0.2) is 0 Å². The highest BCUT2D eigenvalue weighted by Crippen LogP contribution is 2.47. The molecule has 1 saturated heterocycles. The molecule has 4 atom stereocenters. The predicted octanol–water partition coefficient (Wildman–Crippen LogP) is 7.63. The van der Waals surface area contributed by atoms with Gasteiger partial charge in [0.2, 0.25) is 4.38 Å². The summed E-state index contributed by atoms with van der Waals surface area (Å²) in [6.45, 7) is 12.0. The molecule has 33 heavy (non-hydrogen) atoms. The van der Waals surface area contributed by atoms with Crippen LogP contribution in [0.15, 0.2) is 35.9 Å². The Balaban J connectivity index is 1.80. The van der Waals surface area contributed by atoms with E-state index in [4.69, 9.17) is 17.0 Å². The number of aromatic hydroxyl groups is 1. The third-order valence-electron chi connectivity index (χ3n) is 7.05. The number of benzene rings is 1. The number of thioether (sulfide) groups is 1. The molecule has 2 unspecified atom stereocenters. The largest absolute Gasteiger partial charge is 0.507 e. The molecule has 0 spiro atoms. The SMILES string of the molecule is C=C(C)[C@@H]1CCC(C)=C[C@H]1c1c(O)cc(CCCCC)cc1OC(=S)SCCCC1CN1C. The van der Waals surface area contributed by atoms with Gasteiger partial charge in [0.05, 0.1) is 0 Å². The van der Waals surface area contributed by atoms with Crippen LogP contribution in [0.3, 0.4) is 0 Å². The lowest BCUT2D eigenvalue weighted by Crippen LogP contribution is -2.18. The lowest BCUT2D eigenvalue weighted by molar-refractivity contribution is 0.424. The summed E-state index contributed by atoms with van der Waals surface area (Å²) in [7, 11) is 2.17. The molecule has 0 radical (unpaired) electrons. The summed E-state index contributed by atoms with van der Waals surface area (Å²) in [4.78, 5) is 2.37. The van der Waals surface area contributed by atoms with Gasteiger partial charge < -0.3 is 14.7 Å². The lowest BCUT2D eigenvalue weighted by Gasteiger charge is -2.32. The summed E-state index contributed by atoms with van der Waals surface area (Å²) in [6, 6.07) is 4.81. The van der Waals surface area contributed by atoms with Crippen LogP contribution in [0.4, 0.5) is 0 Å². The van der Waals surface area contributed by atoms with Crippen LogP contribution < -0.4 is 4.74 Å². The van der Waals surface area contributed by atoms with Gasteiger partial charge in [0.1, 0.15) is 11.5 Å². The summed E-state index contributed by atoms with van der Waals surface area (Å²) >= 11 is 7.24. The van der Waals surface area contributed by atoms with Crippen molar-refractivity contribution in [2.24, 2.45) is 5.92 Å². The van der Waals surface area contributed by atoms with Crippen molar-refractivity contribution < 1.29 is 9.84 Å². The van der Waals surface area contributed by atoms with Gasteiger partial charge in [-0.3, -0.25) is 0 Å². The van der Waals surface area contributed by atoms with Crippen LogP contribution in [-0.4, -0.2) is 39.8 Å². The molecule has 1 N–H and O–H groups in total. The molecule has 5 heteroatoms. The second-order valence-electron chi connectivity index (χ2n) is 9.95. The first-order valence-corrected chi connectivity index (χ1v) is 13.9. The van der Waals surface area contributed by atoms with E-state index in [0.29, 0.717) is 16.1 Å². The van der Waals surface area contributed by atoms with Gasteiger partial charge in [0.25, 0.3) is 0 Å². The topological polar surface area (TPSA) is 32.5 Å². The lowest BCUT2D eigenvalue weighted by atomic mass is 9.73. The second-order valence-corrected chi connectivity index (χ2v) is 11.6. The highest BCUT2D eigenvalue weighted by Gasteiger charge is 2.31. The smallest absolute Gasteiger partial charge is 0.225 e. The summed E-state index contributed by atoms with van der Waals surface area (Å²) < 4.78 is 6.85. The zero-order chi connectivity index (χ0) is 24.0. The molecule has 3 nitrogen and oxygen atoms in total. The van der Waals surface area contributed by atoms with Gasteiger partial charge in [-0.1, -0.05) is 55.3 Å². The third-order valence-corrected chi connectivity index (χ3v) is 8.29. The molecule has 1 heterocycles. The number of nitrogens with zero attached hydrogens (tertiary/aromatic N) is 1. The van der Waals surface area contributed by atoms with Gasteiger partial charge in [-0.25, -0.2) is 0 Å². The highest BCUT2D eigenvalue weighted by molar-refractivity contribution is 8.22. The van der Waals surface area contributed by atoms with E-state index in [1.807, 2.05) is 6.07 Å². The number of ether oxygens (including phenoxy) is 1. The van der Waals surface area contributed by atoms with Crippen LogP contribution in [0.25, 0.3) is 0 Å². The number of likely N-dealkylation sites (N-methyl/N-ethyl adjacent to an activating group) is 1. The van der Waals surface area contributed by atoms with Crippen LogP contribution in [-0.2, 0) is 6.42 Å². The van der Waals surface area contributed by atoms with E-state index < -0.39 is 0 Å². The first kappa shape index (κ1) is 26.3. The molecule has 1 aliphatic carbocycles. The minimum Gasteiger partial charge on any atom is -0.507 e. The van der Waals surface area contributed by atoms with E-state index in [1.165, 1.54) is 31.4 Å². The van der Waals surface area contributed by atoms with Gasteiger partial charge in [-0.15, -0.1) is 0 Å². The van der Waals surface area contributed by atoms with Crippen LogP contribution in [0.2, 0.25) is 0 Å². The molecule has 1 aromatic carbocycles. The maximum atomic E-state index is 11.2. The van der Waals surface area contributed by atoms with Gasteiger partial charge >= 0.3 is 0 Å². The zero-order valence-electron chi connectivity index (χ0n) is 20.9. The minimum absolute atomic E-state index is 0.0640. The normalized spacial score (nSPS) is 24.3. The molecule has 0 aromatic heterocycles. The Morgan fingerprint density at radius 1 is 1.30 bits per heavy atom. The fraction of sp³-hybridized carbons (Fsp3) is 0.607. The van der Waals surface area contributed by atoms with E-state index >= 15 is 0 Å². The van der Waals surface area contributed by atoms with Crippen LogP contribution >= 0.6 is 24.0 Å². The predicted molar refractivity (Wildman–Crippen MR) is 147 cm³/mol. The Morgan fingerprint density at radius 3 is 2.73 bits per heavy atom. The molecule has 182 valence electrons. The van der Waals surface area contributed by atoms with E-state index in [-0.39, 0.29) is 5.92 Å². The number of phenolic OH excluding ortho intramolecular Hbond substituents is 1. The van der Waals surface area contributed by atoms with Crippen molar-refractivity contribution in [3.63, 3.8) is 0 Å². The Hall–Kier alpha value is -1.30. The van der Waals surface area contributed by atoms with E-state index in [9.17, 15) is 5.11 Å². The minimum atomic E-state index is 0.0640. The number of allylic oxidation sites excluding steroid dienone is 3. The van der Waals surface area contributed by atoms with Crippen molar-refractivity contribution in [3.05, 3.63) is 47.1 Å². The van der Waals surface area contributed by atoms with E-state index in [1.54, 1.807) is 11.8 Å². The van der Waals surface area contributed by atoms with Gasteiger partial charge in [-0.2, -0.15) is 0 Å². The molecule has 0 saturated carbocycles. The van der Waals surface area contributed by atoms with Crippen LogP contribution in [0.5, 0.6) is 11.5 Å². The van der Waals surface area contributed by atoms with Gasteiger partial charge in [-0.05, 0) is 95.3 Å². The fourth-order valence-corrected chi connectivity index (χ4v) is 5.87. The first-order chi connectivity index (χ1) is 15.8. The highest BCUT2D eigenvalue weighted by atomic mass is 32.2. The Labute approximate surface area is 210 Å². The number of hydrogen-bond donors (Lipinski definition) is 1. The summed E-state index contributed by atoms with van der Waals surface area (Å²) in [6.07, 6.45) is 11.2. The quantitative estimate of drug-likeness (QED) is 0.150. The summed E-state index contributed by atoms with van der Waals surface area (Å²) in [5.74, 6) is 2.38. The second kappa shape index (κ2) is 12.4. The van der Waals surface area contributed by atoms with Crippen LogP contribution in [0.1, 0.15) is 82.8 Å². The number of unbranched alkanes of at least 4 members (excludes halogenated alkanes) is 2. The zero-order valence-corrected chi connectivity index (χ0v) is 22.5. The molecule has 0 bridgehead atoms. The monoisotopic (exact) mass is 487 g/mol. The fourth-order valence-electron chi connectivity index (χ4n) is 4.91. The molecule has 1 fully saturated rings. The van der Waals surface area contributed by atoms with Crippen LogP contribution in [0, 0.1) is 5.92 Å². The molecule has 3 rings (SSSR count). The number of aryl methyl sites for hydroxylation is 1. The van der Waals surface area contributed by atoms with Crippen molar-refractivity contribution in [2.45, 2.75) is 84.1 Å². The number of rotatable bonds is 11. The molecule has 1 aromatic rings. The first-order valence-electron chi connectivity index (χ1n) is 12.5. The Morgan fingerprint density at radius 2 is 2.06 bits per heavy atom. The average Bonchev–Trinajstić information content (AvgIpc) is 3.46. The summed E-state index contributed by atoms with van der Waals surface area (Å²) in [5, 5.41) is 11.2. The molecule has 2 aliphatic rings. The number of phenols is 1. The number of hydrogen-bond acceptors (Lipinski definition) is 5. The molecular formula is C28H41NO2S2. The Bertz CT molecular complexity index is 879. The van der Waals surface area contributed by atoms with Crippen molar-refractivity contribution >= 4 is 28.4 Å². The van der Waals surface area contributed by atoms with Crippen molar-refractivity contribution in [3.8, 4) is 11.5 Å². The Kier molecular flexibility index (Phi) is 9.90. The average molecular weight is 488 g/mol. The molecule has 1 aliphatic heterocycles. The van der Waals surface area contributed by atoms with E-state index in [0.717, 1.165) is 66.3 Å². The third kappa shape index (κ3) is 7.60. The maximum Gasteiger partial charge on any atom is 0.225 e. The van der Waals surface area contributed by atoms with E-state index in [2.05, 4.69) is 51.4 Å². The molecular weight excluding hydrogens is 446 g/mol.